The summed E-state index contributed by atoms with van der Waals surface area (Å²) in [6, 6.07) is 0. The van der Waals surface area contributed by atoms with Crippen molar-refractivity contribution in [2.45, 2.75) is 0 Å². The normalized spacial score (nSPS) is 8.17. The highest BCUT2D eigenvalue weighted by Gasteiger charge is 1.68. The molecule has 0 unspecified atom stereocenters. The van der Waals surface area contributed by atoms with Gasteiger partial charge < -0.3 is 0 Å². The Morgan fingerprint density at radius 3 is 2.83 bits per heavy atom. The maximum Gasteiger partial charge on any atom is 0.0256 e. The van der Waals surface area contributed by atoms with Gasteiger partial charge in [0.05, 0.1) is 0 Å². The lowest BCUT2D eigenvalue weighted by atomic mass is 10.8. The van der Waals surface area contributed by atoms with E-state index in [1.165, 1.54) is 0 Å². The van der Waals surface area contributed by atoms with E-state index in [1.807, 2.05) is 13.1 Å². The molecule has 0 saturated heterocycles. The first-order valence-electron chi connectivity index (χ1n) is 1.81. The molecule has 0 aromatic heterocycles. The summed E-state index contributed by atoms with van der Waals surface area (Å²) in [5, 5.41) is 0. The average molecular weight is 103 g/mol. The van der Waals surface area contributed by atoms with Crippen molar-refractivity contribution in [2.24, 2.45) is 0 Å². The summed E-state index contributed by atoms with van der Waals surface area (Å²) < 4.78 is 2.91. The number of nitrogens with one attached hydrogen (secondary N) is 1. The highest BCUT2D eigenvalue weighted by Crippen LogP contribution is 1.86. The zero-order chi connectivity index (χ0) is 4.83. The molecule has 36 valence electrons. The maximum atomic E-state index is 3.54. The molecule has 0 radical (unpaired) electrons. The van der Waals surface area contributed by atoms with Gasteiger partial charge in [-0.15, -0.1) is 6.58 Å². The van der Waals surface area contributed by atoms with Gasteiger partial charge in [0, 0.05) is 5.75 Å². The Kier molecular flexibility index (Phi) is 5.09. The van der Waals surface area contributed by atoms with Gasteiger partial charge in [0.25, 0.3) is 0 Å². The molecule has 0 atom stereocenters. The summed E-state index contributed by atoms with van der Waals surface area (Å²) in [6.07, 6.45) is 1.86. The second-order valence-corrected chi connectivity index (χ2v) is 1.83. The molecule has 0 rings (SSSR count). The molecule has 0 heterocycles. The van der Waals surface area contributed by atoms with Gasteiger partial charge in [0.2, 0.25) is 0 Å². The van der Waals surface area contributed by atoms with Crippen molar-refractivity contribution in [1.82, 2.24) is 4.72 Å². The van der Waals surface area contributed by atoms with Crippen molar-refractivity contribution in [3.63, 3.8) is 0 Å². The first kappa shape index (κ1) is 6.05. The van der Waals surface area contributed by atoms with E-state index in [1.54, 1.807) is 11.9 Å². The first-order chi connectivity index (χ1) is 2.91. The van der Waals surface area contributed by atoms with Gasteiger partial charge in [0.1, 0.15) is 0 Å². The lowest BCUT2D eigenvalue weighted by molar-refractivity contribution is 1.30. The third-order valence-corrected chi connectivity index (χ3v) is 1.04. The summed E-state index contributed by atoms with van der Waals surface area (Å²) in [4.78, 5) is 0. The third-order valence-electron chi connectivity index (χ3n) is 0.346. The van der Waals surface area contributed by atoms with Crippen LogP contribution in [0.3, 0.4) is 0 Å². The summed E-state index contributed by atoms with van der Waals surface area (Å²) in [5.74, 6) is 0.983. The summed E-state index contributed by atoms with van der Waals surface area (Å²) >= 11 is 1.64. The molecule has 0 bridgehead atoms. The van der Waals surface area contributed by atoms with Gasteiger partial charge in [-0.05, 0) is 7.05 Å². The summed E-state index contributed by atoms with van der Waals surface area (Å²) in [6.45, 7) is 3.54. The third kappa shape index (κ3) is 4.05. The molecule has 1 N–H and O–H groups in total. The van der Waals surface area contributed by atoms with E-state index < -0.39 is 0 Å². The lowest BCUT2D eigenvalue weighted by Gasteiger charge is -1.86. The van der Waals surface area contributed by atoms with E-state index in [9.17, 15) is 0 Å². The van der Waals surface area contributed by atoms with E-state index in [-0.39, 0.29) is 0 Å². The van der Waals surface area contributed by atoms with E-state index >= 15 is 0 Å². The zero-order valence-corrected chi connectivity index (χ0v) is 4.72. The quantitative estimate of drug-likeness (QED) is 0.325. The minimum atomic E-state index is 0.983. The fraction of sp³-hybridized carbons (Fsp3) is 0.500. The smallest absolute Gasteiger partial charge is 0.0256 e. The van der Waals surface area contributed by atoms with E-state index in [4.69, 9.17) is 0 Å². The minimum Gasteiger partial charge on any atom is -0.267 e. The minimum absolute atomic E-state index is 0.983. The van der Waals surface area contributed by atoms with Crippen LogP contribution in [-0.4, -0.2) is 12.8 Å². The first-order valence-corrected chi connectivity index (χ1v) is 2.79. The predicted molar refractivity (Wildman–Crippen MR) is 31.7 cm³/mol. The lowest BCUT2D eigenvalue weighted by Crippen LogP contribution is -1.90. The molecule has 0 aliphatic rings. The predicted octanol–water partition coefficient (Wildman–Crippen LogP) is 1.04. The molecule has 2 heteroatoms. The van der Waals surface area contributed by atoms with Crippen LogP contribution in [-0.2, 0) is 0 Å². The summed E-state index contributed by atoms with van der Waals surface area (Å²) in [5.41, 5.74) is 0. The topological polar surface area (TPSA) is 12.0 Å². The molecule has 0 aliphatic carbocycles. The van der Waals surface area contributed by atoms with Crippen LogP contribution in [0.4, 0.5) is 0 Å². The van der Waals surface area contributed by atoms with E-state index in [2.05, 4.69) is 11.3 Å². The molecule has 0 aromatic carbocycles. The van der Waals surface area contributed by atoms with Crippen molar-refractivity contribution in [3.05, 3.63) is 12.7 Å². The van der Waals surface area contributed by atoms with Crippen molar-refractivity contribution in [1.29, 1.82) is 0 Å². The van der Waals surface area contributed by atoms with Gasteiger partial charge in [-0.1, -0.05) is 18.0 Å². The molecular formula is C4H9NS. The highest BCUT2D eigenvalue weighted by atomic mass is 32.2. The number of hydrogen-bond acceptors (Lipinski definition) is 2. The average Bonchev–Trinajstić information content (AvgIpc) is 1.61. The molecule has 0 aromatic rings. The molecule has 0 saturated carbocycles. The maximum absolute atomic E-state index is 3.54. The van der Waals surface area contributed by atoms with E-state index in [0.717, 1.165) is 5.75 Å². The highest BCUT2D eigenvalue weighted by molar-refractivity contribution is 7.97. The monoisotopic (exact) mass is 103 g/mol. The van der Waals surface area contributed by atoms with Gasteiger partial charge in [-0.25, -0.2) is 0 Å². The second kappa shape index (κ2) is 5.05. The second-order valence-electron chi connectivity index (χ2n) is 0.804. The van der Waals surface area contributed by atoms with Crippen LogP contribution in [0.25, 0.3) is 0 Å². The van der Waals surface area contributed by atoms with Crippen LogP contribution in [0.1, 0.15) is 0 Å². The fourth-order valence-corrected chi connectivity index (χ4v) is 0.427. The SMILES string of the molecule is C=CCSNC. The van der Waals surface area contributed by atoms with Crippen LogP contribution < -0.4 is 4.72 Å². The molecule has 6 heavy (non-hydrogen) atoms. The Bertz CT molecular complexity index is 36.5. The van der Waals surface area contributed by atoms with Crippen molar-refractivity contribution in [2.75, 3.05) is 12.8 Å². The van der Waals surface area contributed by atoms with Gasteiger partial charge in [0.15, 0.2) is 0 Å². The van der Waals surface area contributed by atoms with E-state index in [0.29, 0.717) is 0 Å². The molecule has 0 fully saturated rings. The molecule has 1 nitrogen and oxygen atoms in total. The summed E-state index contributed by atoms with van der Waals surface area (Å²) in [7, 11) is 1.90. The fourth-order valence-electron chi connectivity index (χ4n) is 0.142. The standard InChI is InChI=1S/C4H9NS/c1-3-4-6-5-2/h3,5H,1,4H2,2H3. The van der Waals surface area contributed by atoms with Crippen LogP contribution in [0.5, 0.6) is 0 Å². The van der Waals surface area contributed by atoms with Crippen LogP contribution >= 0.6 is 11.9 Å². The number of rotatable bonds is 3. The Balaban J connectivity index is 2.49. The number of hydrogen-bond donors (Lipinski definition) is 1. The van der Waals surface area contributed by atoms with Crippen molar-refractivity contribution < 1.29 is 0 Å². The van der Waals surface area contributed by atoms with Crippen LogP contribution in [0.15, 0.2) is 12.7 Å². The molecule has 0 spiro atoms. The Morgan fingerprint density at radius 1 is 2.00 bits per heavy atom. The largest absolute Gasteiger partial charge is 0.267 e. The Hall–Kier alpha value is 0.0500. The zero-order valence-electron chi connectivity index (χ0n) is 3.90. The Morgan fingerprint density at radius 2 is 2.67 bits per heavy atom. The van der Waals surface area contributed by atoms with Crippen molar-refractivity contribution in [3.8, 4) is 0 Å². The van der Waals surface area contributed by atoms with Gasteiger partial charge in [-0.3, -0.25) is 4.72 Å². The molecule has 0 aliphatic heterocycles. The van der Waals surface area contributed by atoms with Crippen molar-refractivity contribution >= 4 is 11.9 Å². The van der Waals surface area contributed by atoms with Gasteiger partial charge >= 0.3 is 0 Å². The van der Waals surface area contributed by atoms with Crippen LogP contribution in [0, 0.1) is 0 Å². The van der Waals surface area contributed by atoms with Crippen LogP contribution in [0.2, 0.25) is 0 Å². The molecular weight excluding hydrogens is 94.1 g/mol. The molecule has 0 amide bonds. The Labute approximate surface area is 43.0 Å². The van der Waals surface area contributed by atoms with Gasteiger partial charge in [-0.2, -0.15) is 0 Å².